The summed E-state index contributed by atoms with van der Waals surface area (Å²) >= 11 is 1.19. The highest BCUT2D eigenvalue weighted by Gasteiger charge is 2.33. The second kappa shape index (κ2) is 11.5. The van der Waals surface area contributed by atoms with Gasteiger partial charge in [0, 0.05) is 12.1 Å². The van der Waals surface area contributed by atoms with E-state index in [4.69, 9.17) is 9.47 Å². The number of nitro groups is 1. The van der Waals surface area contributed by atoms with E-state index in [1.54, 1.807) is 32.1 Å². The molecule has 0 saturated carbocycles. The molecule has 0 bridgehead atoms. The zero-order valence-corrected chi connectivity index (χ0v) is 22.6. The van der Waals surface area contributed by atoms with Gasteiger partial charge in [0.25, 0.3) is 11.2 Å². The lowest BCUT2D eigenvalue weighted by Crippen LogP contribution is -2.39. The van der Waals surface area contributed by atoms with Crippen LogP contribution in [0, 0.1) is 10.1 Å². The Morgan fingerprint density at radius 1 is 1.07 bits per heavy atom. The van der Waals surface area contributed by atoms with Gasteiger partial charge in [0.05, 0.1) is 33.4 Å². The van der Waals surface area contributed by atoms with Crippen molar-refractivity contribution < 1.29 is 19.2 Å². The maximum absolute atomic E-state index is 13.7. The van der Waals surface area contributed by atoms with E-state index >= 15 is 0 Å². The first kappa shape index (κ1) is 26.8. The zero-order valence-electron chi connectivity index (χ0n) is 21.8. The van der Waals surface area contributed by atoms with Gasteiger partial charge >= 0.3 is 5.97 Å². The smallest absolute Gasteiger partial charge is 0.338 e. The Bertz CT molecular complexity index is 1770. The summed E-state index contributed by atoms with van der Waals surface area (Å²) in [6, 6.07) is 22.3. The minimum absolute atomic E-state index is 0.0375. The van der Waals surface area contributed by atoms with Crippen LogP contribution in [0.25, 0.3) is 6.08 Å². The molecular formula is C30H25N3O6S. The third-order valence-electron chi connectivity index (χ3n) is 6.36. The monoisotopic (exact) mass is 555 g/mol. The molecule has 4 aromatic rings. The summed E-state index contributed by atoms with van der Waals surface area (Å²) in [6.45, 7) is 4.04. The number of benzene rings is 3. The van der Waals surface area contributed by atoms with E-state index in [0.717, 1.165) is 5.56 Å². The lowest BCUT2D eigenvalue weighted by molar-refractivity contribution is -0.384. The van der Waals surface area contributed by atoms with Crippen molar-refractivity contribution >= 4 is 29.1 Å². The normalized spacial score (nSPS) is 14.8. The molecule has 1 atom stereocenters. The average molecular weight is 556 g/mol. The number of hydrogen-bond donors (Lipinski definition) is 0. The van der Waals surface area contributed by atoms with Gasteiger partial charge in [-0.25, -0.2) is 9.79 Å². The number of nitro benzene ring substituents is 1. The van der Waals surface area contributed by atoms with Crippen molar-refractivity contribution in [2.24, 2.45) is 4.99 Å². The molecule has 0 fully saturated rings. The summed E-state index contributed by atoms with van der Waals surface area (Å²) in [6.07, 6.45) is 1.66. The Labute approximate surface area is 233 Å². The molecule has 0 aliphatic carbocycles. The molecule has 202 valence electrons. The number of thiazole rings is 1. The van der Waals surface area contributed by atoms with Crippen molar-refractivity contribution in [2.75, 3.05) is 6.61 Å². The molecule has 0 saturated heterocycles. The van der Waals surface area contributed by atoms with E-state index < -0.39 is 16.9 Å². The van der Waals surface area contributed by atoms with E-state index in [-0.39, 0.29) is 23.4 Å². The molecule has 1 aliphatic rings. The minimum Gasteiger partial charge on any atom is -0.489 e. The predicted molar refractivity (Wildman–Crippen MR) is 151 cm³/mol. The molecular weight excluding hydrogens is 530 g/mol. The molecule has 10 heteroatoms. The van der Waals surface area contributed by atoms with E-state index in [2.05, 4.69) is 4.99 Å². The maximum Gasteiger partial charge on any atom is 0.338 e. The molecule has 1 aliphatic heterocycles. The number of aromatic nitrogens is 1. The number of hydrogen-bond acceptors (Lipinski definition) is 8. The predicted octanol–water partition coefficient (Wildman–Crippen LogP) is 4.29. The number of nitrogens with zero attached hydrogens (tertiary/aromatic N) is 3. The van der Waals surface area contributed by atoms with Gasteiger partial charge in [-0.15, -0.1) is 0 Å². The first-order valence-corrected chi connectivity index (χ1v) is 13.4. The standard InChI is InChI=1S/C30H25N3O6S/c1-3-38-29(35)26-19(2)31-30-32(28(34)25(40-30)17-20-9-13-23(14-10-20)33(36)37)27(26)22-11-15-24(16-12-22)39-18-21-7-5-4-6-8-21/h4-17,27H,3,18H2,1-2H3. The Hall–Kier alpha value is -4.83. The van der Waals surface area contributed by atoms with Crippen LogP contribution in [0.15, 0.2) is 99.9 Å². The molecule has 1 unspecified atom stereocenters. The molecule has 0 N–H and O–H groups in total. The third-order valence-corrected chi connectivity index (χ3v) is 7.35. The lowest BCUT2D eigenvalue weighted by atomic mass is 9.96. The van der Waals surface area contributed by atoms with Crippen molar-refractivity contribution in [3.63, 3.8) is 0 Å². The number of non-ortho nitro benzene ring substituents is 1. The molecule has 9 nitrogen and oxygen atoms in total. The van der Waals surface area contributed by atoms with Crippen molar-refractivity contribution in [2.45, 2.75) is 26.5 Å². The van der Waals surface area contributed by atoms with Gasteiger partial charge in [-0.2, -0.15) is 0 Å². The molecule has 0 radical (unpaired) electrons. The molecule has 3 aromatic carbocycles. The largest absolute Gasteiger partial charge is 0.489 e. The SMILES string of the molecule is CCOC(=O)C1=C(C)N=c2sc(=Cc3ccc([N+](=O)[O-])cc3)c(=O)n2C1c1ccc(OCc2ccccc2)cc1. The van der Waals surface area contributed by atoms with Gasteiger partial charge in [-0.05, 0) is 60.9 Å². The summed E-state index contributed by atoms with van der Waals surface area (Å²) in [7, 11) is 0. The van der Waals surface area contributed by atoms with Gasteiger partial charge in [-0.3, -0.25) is 19.5 Å². The fourth-order valence-electron chi connectivity index (χ4n) is 4.44. The van der Waals surface area contributed by atoms with Gasteiger partial charge < -0.3 is 9.47 Å². The number of carbonyl (C=O) groups is 1. The first-order chi connectivity index (χ1) is 19.4. The van der Waals surface area contributed by atoms with Crippen LogP contribution in [0.1, 0.15) is 36.6 Å². The minimum atomic E-state index is -0.752. The quantitative estimate of drug-likeness (QED) is 0.182. The number of rotatable bonds is 8. The van der Waals surface area contributed by atoms with Crippen LogP contribution in [0.5, 0.6) is 5.75 Å². The molecule has 5 rings (SSSR count). The number of carbonyl (C=O) groups excluding carboxylic acids is 1. The Balaban J connectivity index is 1.55. The topological polar surface area (TPSA) is 113 Å². The highest BCUT2D eigenvalue weighted by atomic mass is 32.1. The molecule has 0 spiro atoms. The Morgan fingerprint density at radius 2 is 1.77 bits per heavy atom. The lowest BCUT2D eigenvalue weighted by Gasteiger charge is -2.24. The van der Waals surface area contributed by atoms with E-state index in [9.17, 15) is 19.7 Å². The van der Waals surface area contributed by atoms with Crippen LogP contribution < -0.4 is 19.6 Å². The summed E-state index contributed by atoms with van der Waals surface area (Å²) in [5.41, 5.74) is 2.76. The zero-order chi connectivity index (χ0) is 28.2. The van der Waals surface area contributed by atoms with E-state index in [0.29, 0.717) is 38.5 Å². The Morgan fingerprint density at radius 3 is 2.42 bits per heavy atom. The van der Waals surface area contributed by atoms with E-state index in [1.165, 1.54) is 28.0 Å². The molecule has 40 heavy (non-hydrogen) atoms. The summed E-state index contributed by atoms with van der Waals surface area (Å²) in [4.78, 5) is 42.3. The van der Waals surface area contributed by atoms with E-state index in [1.807, 2.05) is 54.6 Å². The average Bonchev–Trinajstić information content (AvgIpc) is 3.26. The highest BCUT2D eigenvalue weighted by Crippen LogP contribution is 2.31. The molecule has 2 heterocycles. The molecule has 0 amide bonds. The number of fused-ring (bicyclic) bond motifs is 1. The summed E-state index contributed by atoms with van der Waals surface area (Å²) in [5.74, 6) is 0.111. The van der Waals surface area contributed by atoms with Gasteiger partial charge in [0.2, 0.25) is 0 Å². The number of esters is 1. The number of ether oxygens (including phenoxy) is 2. The Kier molecular flexibility index (Phi) is 7.70. The highest BCUT2D eigenvalue weighted by molar-refractivity contribution is 7.07. The fraction of sp³-hybridized carbons (Fsp3) is 0.167. The van der Waals surface area contributed by atoms with Gasteiger partial charge in [0.15, 0.2) is 4.80 Å². The second-order valence-electron chi connectivity index (χ2n) is 8.99. The van der Waals surface area contributed by atoms with Gasteiger partial charge in [0.1, 0.15) is 12.4 Å². The number of allylic oxidation sites excluding steroid dienone is 1. The van der Waals surface area contributed by atoms with Crippen molar-refractivity contribution in [3.05, 3.63) is 137 Å². The van der Waals surface area contributed by atoms with Crippen LogP contribution in [-0.2, 0) is 16.1 Å². The van der Waals surface area contributed by atoms with Crippen LogP contribution in [0.4, 0.5) is 5.69 Å². The maximum atomic E-state index is 13.7. The summed E-state index contributed by atoms with van der Waals surface area (Å²) in [5, 5.41) is 11.0. The van der Waals surface area contributed by atoms with Crippen molar-refractivity contribution in [3.8, 4) is 5.75 Å². The third kappa shape index (κ3) is 5.48. The van der Waals surface area contributed by atoms with Crippen LogP contribution in [0.3, 0.4) is 0 Å². The van der Waals surface area contributed by atoms with Crippen LogP contribution in [0.2, 0.25) is 0 Å². The summed E-state index contributed by atoms with van der Waals surface area (Å²) < 4.78 is 13.2. The first-order valence-electron chi connectivity index (χ1n) is 12.6. The molecule has 1 aromatic heterocycles. The van der Waals surface area contributed by atoms with Gasteiger partial charge in [-0.1, -0.05) is 53.8 Å². The second-order valence-corrected chi connectivity index (χ2v) is 10.0. The van der Waals surface area contributed by atoms with Crippen LogP contribution >= 0.6 is 11.3 Å². The fourth-order valence-corrected chi connectivity index (χ4v) is 5.48. The van der Waals surface area contributed by atoms with Crippen LogP contribution in [-0.4, -0.2) is 22.1 Å². The van der Waals surface area contributed by atoms with Crippen molar-refractivity contribution in [1.29, 1.82) is 0 Å². The van der Waals surface area contributed by atoms with Crippen molar-refractivity contribution in [1.82, 2.24) is 4.57 Å².